The Morgan fingerprint density at radius 1 is 1.26 bits per heavy atom. The molecule has 0 saturated carbocycles. The fourth-order valence-corrected chi connectivity index (χ4v) is 5.54. The average molecular weight is 479 g/mol. The van der Waals surface area contributed by atoms with Crippen LogP contribution in [0, 0.1) is 12.8 Å². The zero-order chi connectivity index (χ0) is 24.0. The van der Waals surface area contributed by atoms with E-state index in [9.17, 15) is 13.2 Å². The van der Waals surface area contributed by atoms with E-state index in [4.69, 9.17) is 4.42 Å². The molecule has 10 heteroatoms. The van der Waals surface area contributed by atoms with Gasteiger partial charge in [0.2, 0.25) is 5.09 Å². The Kier molecular flexibility index (Phi) is 5.34. The number of fused-ring (bicyclic) bond motifs is 2. The largest absolute Gasteiger partial charge is 0.465 e. The molecule has 34 heavy (non-hydrogen) atoms. The molecule has 0 saturated heterocycles. The monoisotopic (exact) mass is 478 g/mol. The van der Waals surface area contributed by atoms with Crippen LogP contribution in [0.4, 0.5) is 5.82 Å². The quantitative estimate of drug-likeness (QED) is 0.651. The van der Waals surface area contributed by atoms with Gasteiger partial charge in [-0.15, -0.1) is 0 Å². The highest BCUT2D eigenvalue weighted by Crippen LogP contribution is 2.35. The van der Waals surface area contributed by atoms with Gasteiger partial charge < -0.3 is 14.5 Å². The van der Waals surface area contributed by atoms with Crippen molar-refractivity contribution < 1.29 is 22.4 Å². The van der Waals surface area contributed by atoms with Gasteiger partial charge in [-0.1, -0.05) is 30.9 Å². The first kappa shape index (κ1) is 22.1. The first-order valence-corrected chi connectivity index (χ1v) is 12.0. The van der Waals surface area contributed by atoms with Gasteiger partial charge in [0.25, 0.3) is 10.0 Å². The summed E-state index contributed by atoms with van der Waals surface area (Å²) in [6, 6.07) is 1.19. The molecule has 1 atom stereocenters. The van der Waals surface area contributed by atoms with Gasteiger partial charge in [0.15, 0.2) is 0 Å². The van der Waals surface area contributed by atoms with E-state index in [0.29, 0.717) is 17.1 Å². The van der Waals surface area contributed by atoms with Gasteiger partial charge in [0.05, 0.1) is 19.3 Å². The lowest BCUT2D eigenvalue weighted by Gasteiger charge is -2.24. The number of nitrogens with one attached hydrogen (secondary N) is 1. The maximum Gasteiger partial charge on any atom is 0.341 e. The Morgan fingerprint density at radius 2 is 2.09 bits per heavy atom. The summed E-state index contributed by atoms with van der Waals surface area (Å²) in [6.07, 6.45) is 13.5. The third kappa shape index (κ3) is 3.70. The molecule has 9 nitrogen and oxygen atoms in total. The average Bonchev–Trinajstić information content (AvgIpc) is 3.44. The van der Waals surface area contributed by atoms with Crippen molar-refractivity contribution in [3.63, 3.8) is 0 Å². The number of ether oxygens (including phenoxy) is 1. The van der Waals surface area contributed by atoms with Gasteiger partial charge in [0, 0.05) is 29.8 Å². The number of sulfonamides is 1. The van der Waals surface area contributed by atoms with Crippen LogP contribution in [-0.4, -0.2) is 35.8 Å². The molecule has 0 amide bonds. The predicted octanol–water partition coefficient (Wildman–Crippen LogP) is 3.40. The van der Waals surface area contributed by atoms with Crippen LogP contribution in [0.25, 0.3) is 0 Å². The van der Waals surface area contributed by atoms with Crippen molar-refractivity contribution in [3.05, 3.63) is 94.9 Å². The third-order valence-corrected chi connectivity index (χ3v) is 7.63. The Labute approximate surface area is 196 Å². The Morgan fingerprint density at radius 3 is 2.88 bits per heavy atom. The van der Waals surface area contributed by atoms with E-state index in [-0.39, 0.29) is 35.4 Å². The molecule has 3 aliphatic rings. The summed E-state index contributed by atoms with van der Waals surface area (Å²) in [5.41, 5.74) is 4.21. The van der Waals surface area contributed by atoms with Crippen molar-refractivity contribution in [2.75, 3.05) is 12.4 Å². The van der Waals surface area contributed by atoms with Gasteiger partial charge in [-0.25, -0.2) is 23.2 Å². The van der Waals surface area contributed by atoms with Crippen molar-refractivity contribution in [1.29, 1.82) is 0 Å². The number of hydrogen-bond acceptors (Lipinski definition) is 8. The lowest BCUT2D eigenvalue weighted by atomic mass is 9.84. The maximum atomic E-state index is 13.2. The van der Waals surface area contributed by atoms with E-state index >= 15 is 0 Å². The van der Waals surface area contributed by atoms with Gasteiger partial charge in [0.1, 0.15) is 23.5 Å². The second kappa shape index (κ2) is 8.23. The van der Waals surface area contributed by atoms with E-state index in [1.54, 1.807) is 0 Å². The van der Waals surface area contributed by atoms with E-state index in [1.165, 1.54) is 30.7 Å². The second-order valence-electron chi connectivity index (χ2n) is 8.11. The molecule has 174 valence electrons. The van der Waals surface area contributed by atoms with Crippen LogP contribution >= 0.6 is 0 Å². The molecule has 2 aromatic rings. The number of rotatable bonds is 5. The number of anilines is 1. The standard InChI is InChI=1S/C24H22N4O5S/c1-14-8-17(9-16-6-4-5-7-18(14)16)27-23-20-11-28(12-21(20)25-13-26-23)34(30,31)22-10-19(15(2)33-22)24(29)32-3/h4-10,13,18H,1,11-12H2,2-3H3,(H,25,26,27). The molecule has 0 radical (unpaired) electrons. The maximum absolute atomic E-state index is 13.2. The third-order valence-electron chi connectivity index (χ3n) is 5.98. The number of aromatic nitrogens is 2. The SMILES string of the molecule is C=C1C=C(Nc2ncnc3c2CN(S(=O)(=O)c2cc(C(=O)OC)c(C)o2)C3)C=C2C=CC=CC12. The molecular formula is C24H22N4O5S. The highest BCUT2D eigenvalue weighted by atomic mass is 32.2. The summed E-state index contributed by atoms with van der Waals surface area (Å²) in [4.78, 5) is 20.5. The van der Waals surface area contributed by atoms with Crippen LogP contribution in [-0.2, 0) is 27.8 Å². The smallest absolute Gasteiger partial charge is 0.341 e. The van der Waals surface area contributed by atoms with E-state index in [1.807, 2.05) is 30.4 Å². The van der Waals surface area contributed by atoms with Gasteiger partial charge in [-0.05, 0) is 30.2 Å². The topological polar surface area (TPSA) is 115 Å². The highest BCUT2D eigenvalue weighted by molar-refractivity contribution is 7.89. The summed E-state index contributed by atoms with van der Waals surface area (Å²) < 4.78 is 37.8. The Bertz CT molecular complexity index is 1450. The molecule has 0 fully saturated rings. The van der Waals surface area contributed by atoms with Crippen LogP contribution in [0.15, 0.2) is 81.8 Å². The minimum absolute atomic E-state index is 0.0597. The molecule has 2 aliphatic carbocycles. The lowest BCUT2D eigenvalue weighted by Crippen LogP contribution is -2.25. The molecule has 1 unspecified atom stereocenters. The molecule has 0 spiro atoms. The van der Waals surface area contributed by atoms with E-state index < -0.39 is 16.0 Å². The number of aryl methyl sites for hydroxylation is 1. The van der Waals surface area contributed by atoms with Crippen molar-refractivity contribution in [1.82, 2.24) is 14.3 Å². The summed E-state index contributed by atoms with van der Waals surface area (Å²) in [5.74, 6) is 0.190. The van der Waals surface area contributed by atoms with Crippen LogP contribution in [0.1, 0.15) is 27.4 Å². The molecule has 1 N–H and O–H groups in total. The van der Waals surface area contributed by atoms with Crippen molar-refractivity contribution >= 4 is 21.8 Å². The number of esters is 1. The molecular weight excluding hydrogens is 456 g/mol. The first-order chi connectivity index (χ1) is 16.3. The Hall–Kier alpha value is -3.76. The van der Waals surface area contributed by atoms with Crippen LogP contribution in [0.3, 0.4) is 0 Å². The highest BCUT2D eigenvalue weighted by Gasteiger charge is 2.36. The van der Waals surface area contributed by atoms with E-state index in [2.05, 4.69) is 32.7 Å². The predicted molar refractivity (Wildman–Crippen MR) is 124 cm³/mol. The molecule has 0 aromatic carbocycles. The summed E-state index contributed by atoms with van der Waals surface area (Å²) in [5, 5.41) is 2.98. The van der Waals surface area contributed by atoms with Crippen molar-refractivity contribution in [3.8, 4) is 0 Å². The summed E-state index contributed by atoms with van der Waals surface area (Å²) in [7, 11) is -2.79. The lowest BCUT2D eigenvalue weighted by molar-refractivity contribution is 0.0598. The number of furan rings is 1. The Balaban J connectivity index is 1.41. The minimum atomic E-state index is -4.02. The molecule has 3 heterocycles. The molecule has 5 rings (SSSR count). The molecule has 2 aromatic heterocycles. The number of methoxy groups -OCH3 is 1. The van der Waals surface area contributed by atoms with Crippen LogP contribution in [0.2, 0.25) is 0 Å². The summed E-state index contributed by atoms with van der Waals surface area (Å²) in [6.45, 7) is 5.80. The zero-order valence-electron chi connectivity index (χ0n) is 18.6. The number of carbonyl (C=O) groups is 1. The summed E-state index contributed by atoms with van der Waals surface area (Å²) >= 11 is 0. The normalized spacial score (nSPS) is 19.4. The zero-order valence-corrected chi connectivity index (χ0v) is 19.4. The number of nitrogens with zero attached hydrogens (tertiary/aromatic N) is 3. The number of carbonyl (C=O) groups excluding carboxylic acids is 1. The van der Waals surface area contributed by atoms with Gasteiger partial charge >= 0.3 is 5.97 Å². The van der Waals surface area contributed by atoms with Gasteiger partial charge in [-0.3, -0.25) is 0 Å². The molecule has 1 aliphatic heterocycles. The van der Waals surface area contributed by atoms with Crippen LogP contribution in [0.5, 0.6) is 0 Å². The van der Waals surface area contributed by atoms with Gasteiger partial charge in [-0.2, -0.15) is 4.31 Å². The molecule has 0 bridgehead atoms. The fourth-order valence-electron chi connectivity index (χ4n) is 4.20. The first-order valence-electron chi connectivity index (χ1n) is 10.5. The van der Waals surface area contributed by atoms with Crippen LogP contribution < -0.4 is 5.32 Å². The van der Waals surface area contributed by atoms with Crippen molar-refractivity contribution in [2.45, 2.75) is 25.1 Å². The second-order valence-corrected chi connectivity index (χ2v) is 9.98. The van der Waals surface area contributed by atoms with E-state index in [0.717, 1.165) is 16.8 Å². The number of hydrogen-bond donors (Lipinski definition) is 1. The number of allylic oxidation sites excluding steroid dienone is 8. The van der Waals surface area contributed by atoms with Crippen molar-refractivity contribution in [2.24, 2.45) is 5.92 Å². The minimum Gasteiger partial charge on any atom is -0.465 e. The fraction of sp³-hybridized carbons (Fsp3) is 0.208.